The summed E-state index contributed by atoms with van der Waals surface area (Å²) >= 11 is 0. The molecule has 0 spiro atoms. The Morgan fingerprint density at radius 1 is 1.50 bits per heavy atom. The Labute approximate surface area is 108 Å². The van der Waals surface area contributed by atoms with Gasteiger partial charge >= 0.3 is 0 Å². The van der Waals surface area contributed by atoms with Crippen molar-refractivity contribution in [1.29, 1.82) is 0 Å². The third-order valence-corrected chi connectivity index (χ3v) is 3.26. The topological polar surface area (TPSA) is 55.1 Å². The molecule has 0 aromatic heterocycles. The average Bonchev–Trinajstić information content (AvgIpc) is 2.32. The molecule has 94 valence electrons. The first-order chi connectivity index (χ1) is 8.70. The van der Waals surface area contributed by atoms with Gasteiger partial charge in [-0.1, -0.05) is 17.9 Å². The van der Waals surface area contributed by atoms with Crippen molar-refractivity contribution in [1.82, 2.24) is 5.32 Å². The van der Waals surface area contributed by atoms with Gasteiger partial charge in [0, 0.05) is 17.2 Å². The van der Waals surface area contributed by atoms with Gasteiger partial charge in [0.25, 0.3) is 5.91 Å². The fourth-order valence-corrected chi connectivity index (χ4v) is 1.91. The minimum atomic E-state index is 0.00796. The lowest BCUT2D eigenvalue weighted by Gasteiger charge is -2.26. The molecule has 18 heavy (non-hydrogen) atoms. The van der Waals surface area contributed by atoms with Gasteiger partial charge in [-0.25, -0.2) is 0 Å². The Kier molecular flexibility index (Phi) is 4.01. The van der Waals surface area contributed by atoms with Gasteiger partial charge < -0.3 is 11.1 Å². The summed E-state index contributed by atoms with van der Waals surface area (Å²) in [5.41, 5.74) is 7.87. The highest BCUT2D eigenvalue weighted by atomic mass is 16.1. The molecule has 3 heteroatoms. The first-order valence-corrected chi connectivity index (χ1v) is 6.31. The number of carbonyl (C=O) groups excluding carboxylic acids is 1. The lowest BCUT2D eigenvalue weighted by molar-refractivity contribution is 0.0916. The van der Waals surface area contributed by atoms with Crippen molar-refractivity contribution in [2.75, 3.05) is 6.54 Å². The summed E-state index contributed by atoms with van der Waals surface area (Å²) in [6, 6.07) is 6.04. The molecule has 0 radical (unpaired) electrons. The fourth-order valence-electron chi connectivity index (χ4n) is 1.91. The summed E-state index contributed by atoms with van der Waals surface area (Å²) in [6.07, 6.45) is 3.40. The highest BCUT2D eigenvalue weighted by Crippen LogP contribution is 2.19. The number of carbonyl (C=O) groups is 1. The van der Waals surface area contributed by atoms with Crippen LogP contribution in [0.2, 0.25) is 0 Å². The van der Waals surface area contributed by atoms with Gasteiger partial charge in [0.15, 0.2) is 0 Å². The molecule has 0 heterocycles. The molecule has 1 aromatic carbocycles. The van der Waals surface area contributed by atoms with Crippen LogP contribution in [0.5, 0.6) is 0 Å². The van der Waals surface area contributed by atoms with Gasteiger partial charge in [0.2, 0.25) is 0 Å². The largest absolute Gasteiger partial charge is 0.349 e. The third-order valence-electron chi connectivity index (χ3n) is 3.26. The van der Waals surface area contributed by atoms with Crippen molar-refractivity contribution in [2.24, 2.45) is 5.73 Å². The molecule has 1 saturated carbocycles. The zero-order chi connectivity index (χ0) is 13.0. The van der Waals surface area contributed by atoms with Crippen molar-refractivity contribution >= 4 is 5.91 Å². The second-order valence-corrected chi connectivity index (χ2v) is 4.64. The van der Waals surface area contributed by atoms with E-state index in [0.29, 0.717) is 18.2 Å². The molecule has 3 N–H and O–H groups in total. The van der Waals surface area contributed by atoms with Crippen LogP contribution in [0, 0.1) is 18.8 Å². The Morgan fingerprint density at radius 3 is 2.89 bits per heavy atom. The van der Waals surface area contributed by atoms with Crippen LogP contribution in [-0.2, 0) is 0 Å². The zero-order valence-corrected chi connectivity index (χ0v) is 10.6. The summed E-state index contributed by atoms with van der Waals surface area (Å²) in [6.45, 7) is 2.27. The van der Waals surface area contributed by atoms with Crippen molar-refractivity contribution in [3.8, 4) is 11.8 Å². The number of nitrogens with two attached hydrogens (primary N) is 1. The molecule has 1 amide bonds. The molecular weight excluding hydrogens is 224 g/mol. The molecular formula is C15H18N2O. The molecule has 0 bridgehead atoms. The number of benzene rings is 1. The van der Waals surface area contributed by atoms with Crippen molar-refractivity contribution in [2.45, 2.75) is 32.2 Å². The number of nitrogens with one attached hydrogen (secondary N) is 1. The molecule has 1 aromatic rings. The van der Waals surface area contributed by atoms with Gasteiger partial charge in [-0.15, -0.1) is 0 Å². The van der Waals surface area contributed by atoms with Gasteiger partial charge in [-0.2, -0.15) is 0 Å². The molecule has 1 fully saturated rings. The molecule has 0 unspecified atom stereocenters. The normalized spacial score (nSPS) is 14.3. The van der Waals surface area contributed by atoms with Gasteiger partial charge in [-0.05, 0) is 43.9 Å². The summed E-state index contributed by atoms with van der Waals surface area (Å²) in [5, 5.41) is 3.04. The predicted molar refractivity (Wildman–Crippen MR) is 72.2 cm³/mol. The molecule has 0 aliphatic heterocycles. The van der Waals surface area contributed by atoms with E-state index in [1.165, 1.54) is 6.42 Å². The Morgan fingerprint density at radius 2 is 2.28 bits per heavy atom. The van der Waals surface area contributed by atoms with Crippen molar-refractivity contribution < 1.29 is 4.79 Å². The van der Waals surface area contributed by atoms with Crippen LogP contribution >= 0.6 is 0 Å². The third kappa shape index (κ3) is 2.91. The van der Waals surface area contributed by atoms with E-state index in [1.54, 1.807) is 0 Å². The highest BCUT2D eigenvalue weighted by molar-refractivity contribution is 5.96. The number of rotatable bonds is 2. The Balaban J connectivity index is 2.16. The Hall–Kier alpha value is -1.79. The van der Waals surface area contributed by atoms with E-state index < -0.39 is 0 Å². The van der Waals surface area contributed by atoms with E-state index in [2.05, 4.69) is 17.2 Å². The first-order valence-electron chi connectivity index (χ1n) is 6.31. The van der Waals surface area contributed by atoms with E-state index in [9.17, 15) is 4.79 Å². The average molecular weight is 242 g/mol. The second kappa shape index (κ2) is 5.70. The lowest BCUT2D eigenvalue weighted by atomic mass is 9.92. The van der Waals surface area contributed by atoms with Crippen molar-refractivity contribution in [3.63, 3.8) is 0 Å². The molecule has 0 saturated heterocycles. The van der Waals surface area contributed by atoms with Crippen LogP contribution < -0.4 is 11.1 Å². The molecule has 1 aliphatic carbocycles. The van der Waals surface area contributed by atoms with E-state index in [0.717, 1.165) is 24.0 Å². The van der Waals surface area contributed by atoms with E-state index in [1.807, 2.05) is 25.1 Å². The van der Waals surface area contributed by atoms with Crippen LogP contribution in [0.4, 0.5) is 0 Å². The van der Waals surface area contributed by atoms with Gasteiger partial charge in [0.1, 0.15) is 0 Å². The standard InChI is InChI=1S/C15H18N2O/c1-11-7-8-12(4-3-9-16)10-14(11)15(18)17-13-5-2-6-13/h7-8,10,13H,2,5-6,9,16H2,1H3,(H,17,18). The number of aryl methyl sites for hydroxylation is 1. The molecule has 2 rings (SSSR count). The zero-order valence-electron chi connectivity index (χ0n) is 10.6. The monoisotopic (exact) mass is 242 g/mol. The highest BCUT2D eigenvalue weighted by Gasteiger charge is 2.20. The minimum absolute atomic E-state index is 0.00796. The summed E-state index contributed by atoms with van der Waals surface area (Å²) in [4.78, 5) is 12.1. The number of hydrogen-bond donors (Lipinski definition) is 2. The second-order valence-electron chi connectivity index (χ2n) is 4.64. The molecule has 3 nitrogen and oxygen atoms in total. The van der Waals surface area contributed by atoms with Gasteiger partial charge in [0.05, 0.1) is 6.54 Å². The first kappa shape index (κ1) is 12.7. The Bertz CT molecular complexity index is 507. The van der Waals surface area contributed by atoms with Crippen LogP contribution in [0.25, 0.3) is 0 Å². The number of amides is 1. The van der Waals surface area contributed by atoms with Crippen LogP contribution in [0.15, 0.2) is 18.2 Å². The molecule has 0 atom stereocenters. The quantitative estimate of drug-likeness (QED) is 0.774. The smallest absolute Gasteiger partial charge is 0.251 e. The molecule has 1 aliphatic rings. The van der Waals surface area contributed by atoms with E-state index in [-0.39, 0.29) is 5.91 Å². The maximum absolute atomic E-state index is 12.1. The maximum Gasteiger partial charge on any atom is 0.251 e. The summed E-state index contributed by atoms with van der Waals surface area (Å²) in [7, 11) is 0. The van der Waals surface area contributed by atoms with Crippen LogP contribution in [-0.4, -0.2) is 18.5 Å². The predicted octanol–water partition coefficient (Wildman–Crippen LogP) is 1.59. The van der Waals surface area contributed by atoms with Gasteiger partial charge in [-0.3, -0.25) is 4.79 Å². The number of hydrogen-bond acceptors (Lipinski definition) is 2. The van der Waals surface area contributed by atoms with Crippen LogP contribution in [0.1, 0.15) is 40.7 Å². The fraction of sp³-hybridized carbons (Fsp3) is 0.400. The lowest BCUT2D eigenvalue weighted by Crippen LogP contribution is -2.39. The van der Waals surface area contributed by atoms with E-state index in [4.69, 9.17) is 5.73 Å². The summed E-state index contributed by atoms with van der Waals surface area (Å²) in [5.74, 6) is 5.76. The van der Waals surface area contributed by atoms with Crippen molar-refractivity contribution in [3.05, 3.63) is 34.9 Å². The SMILES string of the molecule is Cc1ccc(C#CCN)cc1C(=O)NC1CCC1. The maximum atomic E-state index is 12.1. The van der Waals surface area contributed by atoms with E-state index >= 15 is 0 Å². The van der Waals surface area contributed by atoms with Crippen LogP contribution in [0.3, 0.4) is 0 Å². The summed E-state index contributed by atoms with van der Waals surface area (Å²) < 4.78 is 0. The minimum Gasteiger partial charge on any atom is -0.349 e.